The molecule has 0 atom stereocenters. The average molecular weight is 782 g/mol. The average Bonchev–Trinajstić information content (AvgIpc) is 3.72. The van der Waals surface area contributed by atoms with Crippen LogP contribution >= 0.6 is 11.3 Å². The van der Waals surface area contributed by atoms with E-state index >= 15 is 0 Å². The molecule has 2 heteroatoms. The minimum absolute atomic E-state index is 1.09. The van der Waals surface area contributed by atoms with Gasteiger partial charge in [0.05, 0.1) is 5.69 Å². The molecule has 11 rings (SSSR count). The number of fused-ring (bicyclic) bond motifs is 4. The number of anilines is 3. The van der Waals surface area contributed by atoms with E-state index in [1.165, 1.54) is 86.6 Å². The Morgan fingerprint density at radius 1 is 0.283 bits per heavy atom. The van der Waals surface area contributed by atoms with Gasteiger partial charge in [0.2, 0.25) is 0 Å². The monoisotopic (exact) mass is 781 g/mol. The Bertz CT molecular complexity index is 3320. The number of rotatable bonds is 8. The van der Waals surface area contributed by atoms with E-state index in [2.05, 4.69) is 241 Å². The number of hydrogen-bond donors (Lipinski definition) is 0. The molecule has 1 nitrogen and oxygen atoms in total. The zero-order valence-electron chi connectivity index (χ0n) is 32.9. The van der Waals surface area contributed by atoms with Crippen LogP contribution in [0, 0.1) is 0 Å². The molecule has 0 amide bonds. The molecule has 11 aromatic rings. The summed E-state index contributed by atoms with van der Waals surface area (Å²) in [6.07, 6.45) is 0. The number of thiophene rings is 1. The standard InChI is InChI=1S/C58H39NS/c1-2-15-40(16-3-1)43-19-10-21-45(37-43)46-22-12-24-49(39-46)59(56-31-8-6-26-53(56)52-29-13-18-42-17-4-5-25-50(42)52)48-35-33-41(34-36-48)44-20-11-23-47(38-44)51-28-14-30-55-54-27-7-9-32-57(54)60-58(51)55/h1-39H. The van der Waals surface area contributed by atoms with E-state index in [1.54, 1.807) is 0 Å². The minimum atomic E-state index is 1.09. The molecule has 0 N–H and O–H groups in total. The first kappa shape index (κ1) is 35.6. The van der Waals surface area contributed by atoms with Crippen molar-refractivity contribution in [1.29, 1.82) is 0 Å². The minimum Gasteiger partial charge on any atom is -0.310 e. The van der Waals surface area contributed by atoms with Crippen LogP contribution in [-0.2, 0) is 0 Å². The number of benzene rings is 10. The van der Waals surface area contributed by atoms with Gasteiger partial charge in [-0.3, -0.25) is 0 Å². The molecule has 0 saturated heterocycles. The Morgan fingerprint density at radius 3 is 1.63 bits per heavy atom. The smallest absolute Gasteiger partial charge is 0.0540 e. The SMILES string of the molecule is c1ccc(-c2cccc(-c3cccc(N(c4ccc(-c5cccc(-c6cccc7c6sc6ccccc67)c5)cc4)c4ccccc4-c4cccc5ccccc45)c3)c2)cc1. The van der Waals surface area contributed by atoms with Gasteiger partial charge < -0.3 is 4.90 Å². The normalized spacial score (nSPS) is 11.3. The van der Waals surface area contributed by atoms with Gasteiger partial charge in [-0.2, -0.15) is 0 Å². The van der Waals surface area contributed by atoms with Crippen LogP contribution in [0.25, 0.3) is 86.6 Å². The van der Waals surface area contributed by atoms with Crippen LogP contribution in [0.1, 0.15) is 0 Å². The van der Waals surface area contributed by atoms with Gasteiger partial charge in [-0.1, -0.05) is 188 Å². The fourth-order valence-corrected chi connectivity index (χ4v) is 10.00. The number of para-hydroxylation sites is 1. The molecule has 0 aliphatic heterocycles. The van der Waals surface area contributed by atoms with Gasteiger partial charge in [0.1, 0.15) is 0 Å². The third-order valence-electron chi connectivity index (χ3n) is 11.7. The van der Waals surface area contributed by atoms with Gasteiger partial charge in [-0.05, 0) is 109 Å². The van der Waals surface area contributed by atoms with Gasteiger partial charge in [-0.15, -0.1) is 11.3 Å². The maximum Gasteiger partial charge on any atom is 0.0540 e. The zero-order valence-corrected chi connectivity index (χ0v) is 33.7. The van der Waals surface area contributed by atoms with Crippen LogP contribution in [0.3, 0.4) is 0 Å². The summed E-state index contributed by atoms with van der Waals surface area (Å²) in [6.45, 7) is 0. The number of hydrogen-bond acceptors (Lipinski definition) is 2. The van der Waals surface area contributed by atoms with Crippen LogP contribution in [0.4, 0.5) is 17.1 Å². The summed E-state index contributed by atoms with van der Waals surface area (Å²) in [5.74, 6) is 0. The second-order valence-corrected chi connectivity index (χ2v) is 16.3. The van der Waals surface area contributed by atoms with Crippen LogP contribution in [-0.4, -0.2) is 0 Å². The second-order valence-electron chi connectivity index (χ2n) is 15.3. The summed E-state index contributed by atoms with van der Waals surface area (Å²) < 4.78 is 2.66. The Morgan fingerprint density at radius 2 is 0.800 bits per heavy atom. The Labute approximate surface area is 354 Å². The highest BCUT2D eigenvalue weighted by atomic mass is 32.1. The van der Waals surface area contributed by atoms with Gasteiger partial charge >= 0.3 is 0 Å². The van der Waals surface area contributed by atoms with E-state index in [0.29, 0.717) is 0 Å². The van der Waals surface area contributed by atoms with Gasteiger partial charge in [0, 0.05) is 37.1 Å². The highest BCUT2D eigenvalue weighted by Gasteiger charge is 2.19. The third-order valence-corrected chi connectivity index (χ3v) is 12.9. The molecular weight excluding hydrogens is 743 g/mol. The van der Waals surface area contributed by atoms with E-state index in [0.717, 1.165) is 17.1 Å². The first-order chi connectivity index (χ1) is 29.7. The largest absolute Gasteiger partial charge is 0.310 e. The molecule has 1 heterocycles. The Balaban J connectivity index is 1.02. The Hall–Kier alpha value is -7.52. The lowest BCUT2D eigenvalue weighted by Crippen LogP contribution is -2.11. The molecule has 0 radical (unpaired) electrons. The predicted molar refractivity (Wildman–Crippen MR) is 259 cm³/mol. The molecule has 1 aromatic heterocycles. The molecule has 0 aliphatic rings. The molecule has 282 valence electrons. The van der Waals surface area contributed by atoms with Crippen LogP contribution in [0.5, 0.6) is 0 Å². The maximum absolute atomic E-state index is 2.42. The summed E-state index contributed by atoms with van der Waals surface area (Å²) >= 11 is 1.88. The summed E-state index contributed by atoms with van der Waals surface area (Å²) in [7, 11) is 0. The van der Waals surface area contributed by atoms with Crippen molar-refractivity contribution < 1.29 is 0 Å². The van der Waals surface area contributed by atoms with E-state index in [9.17, 15) is 0 Å². The number of nitrogens with zero attached hydrogens (tertiary/aromatic N) is 1. The van der Waals surface area contributed by atoms with Gasteiger partial charge in [0.15, 0.2) is 0 Å². The molecule has 0 bridgehead atoms. The van der Waals surface area contributed by atoms with E-state index < -0.39 is 0 Å². The summed E-state index contributed by atoms with van der Waals surface area (Å²) in [5, 5.41) is 5.11. The maximum atomic E-state index is 2.42. The van der Waals surface area contributed by atoms with Crippen molar-refractivity contribution in [1.82, 2.24) is 0 Å². The van der Waals surface area contributed by atoms with Gasteiger partial charge in [0.25, 0.3) is 0 Å². The molecule has 0 unspecified atom stereocenters. The first-order valence-electron chi connectivity index (χ1n) is 20.5. The van der Waals surface area contributed by atoms with Gasteiger partial charge in [-0.25, -0.2) is 0 Å². The van der Waals surface area contributed by atoms with Crippen molar-refractivity contribution in [2.45, 2.75) is 0 Å². The molecule has 0 aliphatic carbocycles. The molecular formula is C58H39NS. The topological polar surface area (TPSA) is 3.24 Å². The highest BCUT2D eigenvalue weighted by Crippen LogP contribution is 2.45. The molecule has 0 saturated carbocycles. The lowest BCUT2D eigenvalue weighted by Gasteiger charge is -2.29. The van der Waals surface area contributed by atoms with E-state index in [4.69, 9.17) is 0 Å². The van der Waals surface area contributed by atoms with Crippen molar-refractivity contribution in [2.24, 2.45) is 0 Å². The van der Waals surface area contributed by atoms with E-state index in [1.807, 2.05) is 11.3 Å². The summed E-state index contributed by atoms with van der Waals surface area (Å²) in [5.41, 5.74) is 15.3. The fourth-order valence-electron chi connectivity index (χ4n) is 8.76. The van der Waals surface area contributed by atoms with Crippen molar-refractivity contribution in [3.8, 4) is 55.6 Å². The van der Waals surface area contributed by atoms with Crippen LogP contribution < -0.4 is 4.90 Å². The van der Waals surface area contributed by atoms with Crippen molar-refractivity contribution >= 4 is 59.3 Å². The quantitative estimate of drug-likeness (QED) is 0.148. The Kier molecular flexibility index (Phi) is 9.11. The predicted octanol–water partition coefficient (Wildman–Crippen LogP) is 17.0. The first-order valence-corrected chi connectivity index (χ1v) is 21.3. The van der Waals surface area contributed by atoms with Crippen molar-refractivity contribution in [3.63, 3.8) is 0 Å². The van der Waals surface area contributed by atoms with E-state index in [-0.39, 0.29) is 0 Å². The molecule has 0 fully saturated rings. The lowest BCUT2D eigenvalue weighted by molar-refractivity contribution is 1.28. The second kappa shape index (κ2) is 15.3. The molecule has 10 aromatic carbocycles. The lowest BCUT2D eigenvalue weighted by atomic mass is 9.95. The zero-order chi connectivity index (χ0) is 39.8. The fraction of sp³-hybridized carbons (Fsp3) is 0. The molecule has 0 spiro atoms. The van der Waals surface area contributed by atoms with Crippen molar-refractivity contribution in [3.05, 3.63) is 237 Å². The van der Waals surface area contributed by atoms with Crippen LogP contribution in [0.15, 0.2) is 237 Å². The summed E-state index contributed by atoms with van der Waals surface area (Å²) in [6, 6.07) is 86.1. The third kappa shape index (κ3) is 6.54. The molecule has 60 heavy (non-hydrogen) atoms. The summed E-state index contributed by atoms with van der Waals surface area (Å²) in [4.78, 5) is 2.42. The van der Waals surface area contributed by atoms with Crippen molar-refractivity contribution in [2.75, 3.05) is 4.90 Å². The van der Waals surface area contributed by atoms with Crippen LogP contribution in [0.2, 0.25) is 0 Å². The highest BCUT2D eigenvalue weighted by molar-refractivity contribution is 7.26.